The van der Waals surface area contributed by atoms with E-state index in [2.05, 4.69) is 77.1 Å². The van der Waals surface area contributed by atoms with Gasteiger partial charge in [0.15, 0.2) is 0 Å². The van der Waals surface area contributed by atoms with E-state index in [-0.39, 0.29) is 0 Å². The van der Waals surface area contributed by atoms with Crippen LogP contribution in [0.2, 0.25) is 0 Å². The molecule has 162 valence electrons. The van der Waals surface area contributed by atoms with Crippen LogP contribution in [0.15, 0.2) is 61.2 Å². The quantitative estimate of drug-likeness (QED) is 0.316. The minimum Gasteiger partial charge on any atom is -0.342 e. The SMILES string of the molecule is CCc1ncc(-c2ccc3c4ccc(-c5cnc(C(C)C)[nH]5)cc4c4nccnc4c3c2)[nH]1. The third kappa shape index (κ3) is 3.18. The Kier molecular flexibility index (Phi) is 4.47. The van der Waals surface area contributed by atoms with Gasteiger partial charge in [-0.1, -0.05) is 45.0 Å². The fourth-order valence-corrected chi connectivity index (χ4v) is 4.48. The molecule has 3 heterocycles. The Bertz CT molecular complexity index is 1620. The minimum absolute atomic E-state index is 0.354. The summed E-state index contributed by atoms with van der Waals surface area (Å²) >= 11 is 0. The average molecular weight is 433 g/mol. The highest BCUT2D eigenvalue weighted by Crippen LogP contribution is 2.37. The molecule has 0 saturated heterocycles. The second kappa shape index (κ2) is 7.52. The van der Waals surface area contributed by atoms with E-state index in [4.69, 9.17) is 9.97 Å². The molecule has 3 aromatic carbocycles. The Hall–Kier alpha value is -4.06. The molecule has 0 amide bonds. The van der Waals surface area contributed by atoms with Crippen LogP contribution in [-0.4, -0.2) is 29.9 Å². The normalized spacial score (nSPS) is 11.9. The number of aromatic amines is 2. The van der Waals surface area contributed by atoms with E-state index in [1.807, 2.05) is 12.4 Å². The van der Waals surface area contributed by atoms with Crippen molar-refractivity contribution in [3.05, 3.63) is 72.8 Å². The van der Waals surface area contributed by atoms with Crippen LogP contribution in [-0.2, 0) is 6.42 Å². The first-order valence-corrected chi connectivity index (χ1v) is 11.3. The molecule has 33 heavy (non-hydrogen) atoms. The van der Waals surface area contributed by atoms with Gasteiger partial charge in [0.05, 0.1) is 34.8 Å². The van der Waals surface area contributed by atoms with Gasteiger partial charge in [-0.15, -0.1) is 0 Å². The summed E-state index contributed by atoms with van der Waals surface area (Å²) in [4.78, 5) is 25.3. The zero-order chi connectivity index (χ0) is 22.5. The Balaban J connectivity index is 1.60. The van der Waals surface area contributed by atoms with Gasteiger partial charge < -0.3 is 9.97 Å². The summed E-state index contributed by atoms with van der Waals surface area (Å²) in [7, 11) is 0. The van der Waals surface area contributed by atoms with Gasteiger partial charge in [-0.05, 0) is 22.9 Å². The van der Waals surface area contributed by atoms with Gasteiger partial charge in [-0.2, -0.15) is 0 Å². The molecule has 0 radical (unpaired) electrons. The molecular formula is C27H24N6. The fraction of sp³-hybridized carbons (Fsp3) is 0.185. The summed E-state index contributed by atoms with van der Waals surface area (Å²) in [6.45, 7) is 6.37. The summed E-state index contributed by atoms with van der Waals surface area (Å²) < 4.78 is 0. The molecule has 0 fully saturated rings. The maximum atomic E-state index is 4.74. The fourth-order valence-electron chi connectivity index (χ4n) is 4.48. The van der Waals surface area contributed by atoms with E-state index in [0.29, 0.717) is 5.92 Å². The molecule has 6 aromatic rings. The van der Waals surface area contributed by atoms with E-state index in [1.165, 1.54) is 0 Å². The van der Waals surface area contributed by atoms with Crippen LogP contribution < -0.4 is 0 Å². The van der Waals surface area contributed by atoms with Gasteiger partial charge in [0.25, 0.3) is 0 Å². The summed E-state index contributed by atoms with van der Waals surface area (Å²) in [6.07, 6.45) is 8.21. The highest BCUT2D eigenvalue weighted by Gasteiger charge is 2.14. The van der Waals surface area contributed by atoms with Crippen molar-refractivity contribution in [2.75, 3.05) is 0 Å². The number of nitrogens with zero attached hydrogens (tertiary/aromatic N) is 4. The second-order valence-electron chi connectivity index (χ2n) is 8.71. The monoisotopic (exact) mass is 432 g/mol. The molecule has 0 unspecified atom stereocenters. The molecule has 0 aliphatic carbocycles. The topological polar surface area (TPSA) is 83.1 Å². The van der Waals surface area contributed by atoms with Crippen LogP contribution >= 0.6 is 0 Å². The smallest absolute Gasteiger partial charge is 0.109 e. The maximum absolute atomic E-state index is 4.74. The van der Waals surface area contributed by atoms with Crippen molar-refractivity contribution >= 4 is 32.6 Å². The zero-order valence-corrected chi connectivity index (χ0v) is 18.8. The van der Waals surface area contributed by atoms with Crippen molar-refractivity contribution in [2.45, 2.75) is 33.1 Å². The third-order valence-electron chi connectivity index (χ3n) is 6.27. The summed E-state index contributed by atoms with van der Waals surface area (Å²) in [6, 6.07) is 13.0. The maximum Gasteiger partial charge on any atom is 0.109 e. The van der Waals surface area contributed by atoms with Crippen LogP contribution in [0.4, 0.5) is 0 Å². The molecule has 2 N–H and O–H groups in total. The van der Waals surface area contributed by atoms with Crippen LogP contribution in [0, 0.1) is 0 Å². The minimum atomic E-state index is 0.354. The number of nitrogens with one attached hydrogen (secondary N) is 2. The largest absolute Gasteiger partial charge is 0.342 e. The lowest BCUT2D eigenvalue weighted by Crippen LogP contribution is -1.91. The van der Waals surface area contributed by atoms with Crippen LogP contribution in [0.25, 0.3) is 55.1 Å². The van der Waals surface area contributed by atoms with E-state index in [0.717, 1.165) is 73.2 Å². The molecule has 0 aliphatic heterocycles. The Morgan fingerprint density at radius 1 is 0.697 bits per heavy atom. The zero-order valence-electron chi connectivity index (χ0n) is 18.8. The molecule has 0 spiro atoms. The molecule has 3 aromatic heterocycles. The van der Waals surface area contributed by atoms with Crippen LogP contribution in [0.5, 0.6) is 0 Å². The first-order valence-electron chi connectivity index (χ1n) is 11.3. The number of H-pyrrole nitrogens is 2. The first kappa shape index (κ1) is 19.6. The highest BCUT2D eigenvalue weighted by molar-refractivity contribution is 6.24. The number of aromatic nitrogens is 6. The summed E-state index contributed by atoms with van der Waals surface area (Å²) in [5, 5.41) is 4.50. The number of fused-ring (bicyclic) bond motifs is 6. The summed E-state index contributed by atoms with van der Waals surface area (Å²) in [5.41, 5.74) is 6.02. The van der Waals surface area contributed by atoms with Gasteiger partial charge in [0.1, 0.15) is 11.6 Å². The molecular weight excluding hydrogens is 408 g/mol. The molecule has 0 bridgehead atoms. The highest BCUT2D eigenvalue weighted by atomic mass is 14.9. The van der Waals surface area contributed by atoms with Crippen molar-refractivity contribution in [1.82, 2.24) is 29.9 Å². The number of hydrogen-bond donors (Lipinski definition) is 2. The molecule has 0 atom stereocenters. The molecule has 6 nitrogen and oxygen atoms in total. The van der Waals surface area contributed by atoms with Gasteiger partial charge in [-0.25, -0.2) is 9.97 Å². The van der Waals surface area contributed by atoms with E-state index in [1.54, 1.807) is 12.4 Å². The predicted molar refractivity (Wildman–Crippen MR) is 133 cm³/mol. The number of hydrogen-bond acceptors (Lipinski definition) is 4. The van der Waals surface area contributed by atoms with E-state index < -0.39 is 0 Å². The summed E-state index contributed by atoms with van der Waals surface area (Å²) in [5.74, 6) is 2.33. The standard InChI is InChI=1S/C27H24N6/c1-4-24-30-13-22(32-24)16-5-7-18-19-8-6-17(23-14-31-27(33-23)15(2)3)12-21(19)26-25(20(18)11-16)28-9-10-29-26/h5-15H,4H2,1-3H3,(H,30,32)(H,31,33). The lowest BCUT2D eigenvalue weighted by molar-refractivity contribution is 0.795. The number of rotatable bonds is 4. The van der Waals surface area contributed by atoms with E-state index >= 15 is 0 Å². The van der Waals surface area contributed by atoms with Crippen molar-refractivity contribution in [2.24, 2.45) is 0 Å². The lowest BCUT2D eigenvalue weighted by Gasteiger charge is -2.11. The first-order chi connectivity index (χ1) is 16.1. The number of aryl methyl sites for hydroxylation is 1. The average Bonchev–Trinajstić information content (AvgIpc) is 3.54. The van der Waals surface area contributed by atoms with Gasteiger partial charge in [0.2, 0.25) is 0 Å². The molecule has 6 heteroatoms. The van der Waals surface area contributed by atoms with Crippen LogP contribution in [0.1, 0.15) is 38.3 Å². The lowest BCUT2D eigenvalue weighted by atomic mass is 9.95. The van der Waals surface area contributed by atoms with Gasteiger partial charge >= 0.3 is 0 Å². The Morgan fingerprint density at radius 3 is 1.79 bits per heavy atom. The molecule has 0 aliphatic rings. The van der Waals surface area contributed by atoms with Gasteiger partial charge in [-0.3, -0.25) is 9.97 Å². The van der Waals surface area contributed by atoms with Crippen molar-refractivity contribution in [3.63, 3.8) is 0 Å². The van der Waals surface area contributed by atoms with Crippen molar-refractivity contribution in [1.29, 1.82) is 0 Å². The second-order valence-corrected chi connectivity index (χ2v) is 8.71. The Labute approximate surface area is 191 Å². The van der Waals surface area contributed by atoms with Crippen molar-refractivity contribution in [3.8, 4) is 22.5 Å². The molecule has 0 saturated carbocycles. The molecule has 6 rings (SSSR count). The third-order valence-corrected chi connectivity index (χ3v) is 6.27. The van der Waals surface area contributed by atoms with Gasteiger partial charge in [0, 0.05) is 46.6 Å². The number of imidazole rings is 2. The Morgan fingerprint density at radius 2 is 1.27 bits per heavy atom. The predicted octanol–water partition coefficient (Wildman–Crippen LogP) is 6.40. The van der Waals surface area contributed by atoms with Crippen molar-refractivity contribution < 1.29 is 0 Å². The number of benzene rings is 3. The van der Waals surface area contributed by atoms with Crippen LogP contribution in [0.3, 0.4) is 0 Å². The van der Waals surface area contributed by atoms with E-state index in [9.17, 15) is 0 Å².